The van der Waals surface area contributed by atoms with Gasteiger partial charge >= 0.3 is 0 Å². The SMILES string of the molecule is c1ccc(-c2cc(-c3ccccc3)cc(-n3c4ccccc4c4c5c6ccccc6n(-c6cccc7ccccc67)c5ccc43)c2)cc1. The highest BCUT2D eigenvalue weighted by Crippen LogP contribution is 2.43. The van der Waals surface area contributed by atoms with E-state index in [0.29, 0.717) is 0 Å². The predicted molar refractivity (Wildman–Crippen MR) is 203 cm³/mol. The van der Waals surface area contributed by atoms with E-state index in [0.717, 1.165) is 5.69 Å². The maximum absolute atomic E-state index is 2.47. The van der Waals surface area contributed by atoms with Crippen LogP contribution in [0.4, 0.5) is 0 Å². The van der Waals surface area contributed by atoms with E-state index in [-0.39, 0.29) is 0 Å². The molecular weight excluding hydrogens is 581 g/mol. The first-order chi connectivity index (χ1) is 23.8. The van der Waals surface area contributed by atoms with E-state index in [2.05, 4.69) is 191 Å². The van der Waals surface area contributed by atoms with Crippen LogP contribution in [0.25, 0.3) is 88.0 Å². The maximum atomic E-state index is 2.47. The van der Waals surface area contributed by atoms with E-state index in [4.69, 9.17) is 0 Å². The lowest BCUT2D eigenvalue weighted by molar-refractivity contribution is 1.18. The van der Waals surface area contributed by atoms with Gasteiger partial charge in [-0.3, -0.25) is 0 Å². The summed E-state index contributed by atoms with van der Waals surface area (Å²) >= 11 is 0. The summed E-state index contributed by atoms with van der Waals surface area (Å²) in [4.78, 5) is 0. The molecule has 10 aromatic rings. The summed E-state index contributed by atoms with van der Waals surface area (Å²) in [7, 11) is 0. The van der Waals surface area contributed by atoms with Crippen molar-refractivity contribution in [1.82, 2.24) is 9.13 Å². The van der Waals surface area contributed by atoms with Gasteiger partial charge in [-0.2, -0.15) is 0 Å². The Balaban J connectivity index is 1.33. The molecule has 0 fully saturated rings. The van der Waals surface area contributed by atoms with Crippen LogP contribution in [0, 0.1) is 0 Å². The van der Waals surface area contributed by atoms with E-state index in [1.54, 1.807) is 0 Å². The summed E-state index contributed by atoms with van der Waals surface area (Å²) in [5, 5.41) is 7.57. The summed E-state index contributed by atoms with van der Waals surface area (Å²) in [6.45, 7) is 0. The molecule has 0 aliphatic heterocycles. The topological polar surface area (TPSA) is 9.86 Å². The molecule has 0 aliphatic rings. The fraction of sp³-hybridized carbons (Fsp3) is 0. The van der Waals surface area contributed by atoms with Crippen LogP contribution in [0.2, 0.25) is 0 Å². The molecule has 0 atom stereocenters. The Morgan fingerprint density at radius 3 is 1.40 bits per heavy atom. The van der Waals surface area contributed by atoms with Gasteiger partial charge in [0.1, 0.15) is 0 Å². The van der Waals surface area contributed by atoms with Crippen molar-refractivity contribution in [2.75, 3.05) is 0 Å². The van der Waals surface area contributed by atoms with Crippen molar-refractivity contribution in [3.63, 3.8) is 0 Å². The predicted octanol–water partition coefficient (Wildman–Crippen LogP) is 12.4. The summed E-state index contributed by atoms with van der Waals surface area (Å²) in [6, 6.07) is 66.2. The fourth-order valence-electron chi connectivity index (χ4n) is 7.79. The number of rotatable bonds is 4. The van der Waals surface area contributed by atoms with Crippen LogP contribution in [0.3, 0.4) is 0 Å². The van der Waals surface area contributed by atoms with E-state index in [1.165, 1.54) is 82.3 Å². The molecule has 8 aromatic carbocycles. The highest BCUT2D eigenvalue weighted by molar-refractivity contribution is 6.29. The van der Waals surface area contributed by atoms with Gasteiger partial charge in [-0.15, -0.1) is 0 Å². The molecule has 10 rings (SSSR count). The molecule has 0 unspecified atom stereocenters. The Morgan fingerprint density at radius 1 is 0.292 bits per heavy atom. The Labute approximate surface area is 278 Å². The molecule has 2 aromatic heterocycles. The van der Waals surface area contributed by atoms with E-state index < -0.39 is 0 Å². The highest BCUT2D eigenvalue weighted by atomic mass is 15.0. The van der Waals surface area contributed by atoms with Crippen LogP contribution < -0.4 is 0 Å². The lowest BCUT2D eigenvalue weighted by atomic mass is 9.98. The number of fused-ring (bicyclic) bond motifs is 8. The smallest absolute Gasteiger partial charge is 0.0549 e. The summed E-state index contributed by atoms with van der Waals surface area (Å²) in [5.41, 5.74) is 12.0. The zero-order valence-corrected chi connectivity index (χ0v) is 26.2. The minimum absolute atomic E-state index is 1.15. The standard InChI is InChI=1S/C46H30N2/c1-3-14-31(15-4-1)34-28-35(32-16-5-2-6-17-32)30-36(29-34)47-41-23-11-9-21-38(41)45-43(47)26-27-44-46(45)39-22-10-12-24-42(39)48(44)40-25-13-19-33-18-7-8-20-37(33)40/h1-30H. The minimum atomic E-state index is 1.15. The van der Waals surface area contributed by atoms with Crippen LogP contribution in [-0.2, 0) is 0 Å². The van der Waals surface area contributed by atoms with Gasteiger partial charge in [0.2, 0.25) is 0 Å². The molecule has 0 spiro atoms. The average Bonchev–Trinajstić information content (AvgIpc) is 3.68. The number of hydrogen-bond donors (Lipinski definition) is 0. The van der Waals surface area contributed by atoms with Gasteiger partial charge in [0.15, 0.2) is 0 Å². The molecule has 0 saturated heterocycles. The lowest BCUT2D eigenvalue weighted by Crippen LogP contribution is -1.97. The number of para-hydroxylation sites is 2. The molecule has 0 radical (unpaired) electrons. The second kappa shape index (κ2) is 10.6. The van der Waals surface area contributed by atoms with Crippen LogP contribution in [-0.4, -0.2) is 9.13 Å². The molecule has 48 heavy (non-hydrogen) atoms. The van der Waals surface area contributed by atoms with Crippen molar-refractivity contribution in [1.29, 1.82) is 0 Å². The first-order valence-corrected chi connectivity index (χ1v) is 16.5. The number of nitrogens with zero attached hydrogens (tertiary/aromatic N) is 2. The third kappa shape index (κ3) is 4.00. The monoisotopic (exact) mass is 610 g/mol. The van der Waals surface area contributed by atoms with Gasteiger partial charge < -0.3 is 9.13 Å². The molecule has 0 N–H and O–H groups in total. The third-order valence-electron chi connectivity index (χ3n) is 9.87. The van der Waals surface area contributed by atoms with Crippen molar-refractivity contribution < 1.29 is 0 Å². The molecular formula is C46H30N2. The molecule has 2 nitrogen and oxygen atoms in total. The van der Waals surface area contributed by atoms with Gasteiger partial charge in [0.05, 0.1) is 27.8 Å². The average molecular weight is 611 g/mol. The third-order valence-corrected chi connectivity index (χ3v) is 9.87. The summed E-state index contributed by atoms with van der Waals surface area (Å²) in [5.74, 6) is 0. The first-order valence-electron chi connectivity index (χ1n) is 16.5. The lowest BCUT2D eigenvalue weighted by Gasteiger charge is -2.14. The van der Waals surface area contributed by atoms with Gasteiger partial charge in [-0.25, -0.2) is 0 Å². The maximum Gasteiger partial charge on any atom is 0.0549 e. The van der Waals surface area contributed by atoms with Gasteiger partial charge in [0, 0.05) is 32.6 Å². The van der Waals surface area contributed by atoms with Crippen molar-refractivity contribution in [3.05, 3.63) is 182 Å². The largest absolute Gasteiger partial charge is 0.309 e. The van der Waals surface area contributed by atoms with Gasteiger partial charge in [-0.05, 0) is 76.2 Å². The van der Waals surface area contributed by atoms with Gasteiger partial charge in [0.25, 0.3) is 0 Å². The van der Waals surface area contributed by atoms with E-state index in [9.17, 15) is 0 Å². The molecule has 0 aliphatic carbocycles. The Bertz CT molecular complexity index is 2760. The summed E-state index contributed by atoms with van der Waals surface area (Å²) in [6.07, 6.45) is 0. The Kier molecular flexibility index (Phi) is 5.91. The number of aromatic nitrogens is 2. The van der Waals surface area contributed by atoms with Crippen LogP contribution in [0.15, 0.2) is 182 Å². The Hall–Kier alpha value is -6.38. The molecule has 2 heteroatoms. The normalized spacial score (nSPS) is 11.8. The number of hydrogen-bond acceptors (Lipinski definition) is 0. The van der Waals surface area contributed by atoms with Crippen molar-refractivity contribution >= 4 is 54.4 Å². The van der Waals surface area contributed by atoms with Crippen LogP contribution >= 0.6 is 0 Å². The first kappa shape index (κ1) is 26.8. The molecule has 0 amide bonds. The summed E-state index contributed by atoms with van der Waals surface area (Å²) < 4.78 is 4.93. The number of benzene rings is 8. The second-order valence-corrected chi connectivity index (χ2v) is 12.6. The van der Waals surface area contributed by atoms with Crippen LogP contribution in [0.5, 0.6) is 0 Å². The van der Waals surface area contributed by atoms with Crippen molar-refractivity contribution in [2.24, 2.45) is 0 Å². The zero-order chi connectivity index (χ0) is 31.6. The van der Waals surface area contributed by atoms with Crippen LogP contribution in [0.1, 0.15) is 0 Å². The highest BCUT2D eigenvalue weighted by Gasteiger charge is 2.21. The quantitative estimate of drug-likeness (QED) is 0.188. The fourth-order valence-corrected chi connectivity index (χ4v) is 7.79. The molecule has 224 valence electrons. The minimum Gasteiger partial charge on any atom is -0.309 e. The molecule has 2 heterocycles. The molecule has 0 bridgehead atoms. The van der Waals surface area contributed by atoms with E-state index >= 15 is 0 Å². The second-order valence-electron chi connectivity index (χ2n) is 12.6. The van der Waals surface area contributed by atoms with Crippen molar-refractivity contribution in [3.8, 4) is 33.6 Å². The zero-order valence-electron chi connectivity index (χ0n) is 26.2. The van der Waals surface area contributed by atoms with E-state index in [1.807, 2.05) is 0 Å². The molecule has 0 saturated carbocycles. The Morgan fingerprint density at radius 2 is 0.771 bits per heavy atom. The van der Waals surface area contributed by atoms with Gasteiger partial charge in [-0.1, -0.05) is 133 Å². The van der Waals surface area contributed by atoms with Crippen molar-refractivity contribution in [2.45, 2.75) is 0 Å².